The van der Waals surface area contributed by atoms with Gasteiger partial charge < -0.3 is 9.84 Å². The van der Waals surface area contributed by atoms with Crippen LogP contribution in [0.4, 0.5) is 0 Å². The van der Waals surface area contributed by atoms with Gasteiger partial charge in [0.15, 0.2) is 0 Å². The SMILES string of the molecule is COc1c[c-]c([O-])c(C(C)(C)C)c1.[Li+].[Li+]. The zero-order chi connectivity index (χ0) is 10.1. The Balaban J connectivity index is 0. The first-order valence-corrected chi connectivity index (χ1v) is 4.22. The van der Waals surface area contributed by atoms with E-state index in [4.69, 9.17) is 4.74 Å². The molecule has 0 saturated carbocycles. The smallest absolute Gasteiger partial charge is 0.891 e. The van der Waals surface area contributed by atoms with Gasteiger partial charge in [0.05, 0.1) is 7.11 Å². The van der Waals surface area contributed by atoms with Crippen molar-refractivity contribution in [1.29, 1.82) is 0 Å². The zero-order valence-corrected chi connectivity index (χ0v) is 10.5. The maximum atomic E-state index is 11.4. The molecule has 2 nitrogen and oxygen atoms in total. The maximum Gasteiger partial charge on any atom is 1.00 e. The van der Waals surface area contributed by atoms with E-state index in [0.717, 1.165) is 5.56 Å². The van der Waals surface area contributed by atoms with Gasteiger partial charge in [0.25, 0.3) is 0 Å². The fraction of sp³-hybridized carbons (Fsp3) is 0.455. The minimum absolute atomic E-state index is 0. The van der Waals surface area contributed by atoms with Gasteiger partial charge in [-0.25, -0.2) is 5.75 Å². The Morgan fingerprint density at radius 3 is 2.20 bits per heavy atom. The molecule has 0 radical (unpaired) electrons. The van der Waals surface area contributed by atoms with Crippen LogP contribution in [-0.4, -0.2) is 7.11 Å². The topological polar surface area (TPSA) is 32.3 Å². The summed E-state index contributed by atoms with van der Waals surface area (Å²) >= 11 is 0. The Kier molecular flexibility index (Phi) is 7.62. The first-order valence-electron chi connectivity index (χ1n) is 4.22. The van der Waals surface area contributed by atoms with Crippen LogP contribution in [0, 0.1) is 6.07 Å². The van der Waals surface area contributed by atoms with Crippen molar-refractivity contribution in [2.24, 2.45) is 0 Å². The second-order valence-electron chi connectivity index (χ2n) is 4.03. The molecule has 72 valence electrons. The zero-order valence-electron chi connectivity index (χ0n) is 10.5. The molecule has 0 bridgehead atoms. The second-order valence-corrected chi connectivity index (χ2v) is 4.03. The summed E-state index contributed by atoms with van der Waals surface area (Å²) in [5.41, 5.74) is 0.592. The van der Waals surface area contributed by atoms with Gasteiger partial charge in [-0.3, -0.25) is 0 Å². The van der Waals surface area contributed by atoms with Gasteiger partial charge in [0.1, 0.15) is 0 Å². The summed E-state index contributed by atoms with van der Waals surface area (Å²) in [6.07, 6.45) is 0. The minimum atomic E-state index is -0.151. The normalized spacial score (nSPS) is 9.87. The predicted octanol–water partition coefficient (Wildman–Crippen LogP) is -4.13. The molecule has 4 heteroatoms. The van der Waals surface area contributed by atoms with E-state index in [0.29, 0.717) is 5.75 Å². The minimum Gasteiger partial charge on any atom is -0.891 e. The van der Waals surface area contributed by atoms with Gasteiger partial charge in [-0.15, -0.1) is 12.1 Å². The molecule has 0 fully saturated rings. The van der Waals surface area contributed by atoms with Crippen LogP contribution in [0.1, 0.15) is 26.3 Å². The number of rotatable bonds is 1. The summed E-state index contributed by atoms with van der Waals surface area (Å²) in [5.74, 6) is 0.637. The van der Waals surface area contributed by atoms with Crippen molar-refractivity contribution in [1.82, 2.24) is 0 Å². The fourth-order valence-electron chi connectivity index (χ4n) is 1.14. The van der Waals surface area contributed by atoms with Crippen LogP contribution >= 0.6 is 0 Å². The molecule has 0 aliphatic carbocycles. The Labute approximate surface area is 116 Å². The summed E-state index contributed by atoms with van der Waals surface area (Å²) in [6.45, 7) is 5.99. The molecule has 0 aliphatic heterocycles. The number of ether oxygens (including phenoxy) is 1. The molecule has 15 heavy (non-hydrogen) atoms. The van der Waals surface area contributed by atoms with Crippen molar-refractivity contribution in [2.45, 2.75) is 26.2 Å². The average molecular weight is 192 g/mol. The van der Waals surface area contributed by atoms with Crippen LogP contribution in [0.25, 0.3) is 0 Å². The first-order chi connectivity index (χ1) is 5.95. The van der Waals surface area contributed by atoms with Crippen LogP contribution in [0.2, 0.25) is 0 Å². The molecule has 0 atom stereocenters. The Morgan fingerprint density at radius 1 is 1.27 bits per heavy atom. The van der Waals surface area contributed by atoms with Gasteiger partial charge in [-0.05, 0) is 0 Å². The molecule has 0 amide bonds. The summed E-state index contributed by atoms with van der Waals surface area (Å²) in [7, 11) is 1.58. The van der Waals surface area contributed by atoms with E-state index in [1.807, 2.05) is 20.8 Å². The van der Waals surface area contributed by atoms with Crippen molar-refractivity contribution in [2.75, 3.05) is 7.11 Å². The molecule has 0 N–H and O–H groups in total. The van der Waals surface area contributed by atoms with E-state index in [-0.39, 0.29) is 48.9 Å². The van der Waals surface area contributed by atoms with Gasteiger partial charge in [-0.1, -0.05) is 26.2 Å². The molecule has 1 aromatic rings. The molecular formula is C11H14Li2O2. The van der Waals surface area contributed by atoms with Gasteiger partial charge >= 0.3 is 37.7 Å². The van der Waals surface area contributed by atoms with Gasteiger partial charge in [0, 0.05) is 5.75 Å². The number of hydrogen-bond acceptors (Lipinski definition) is 2. The van der Waals surface area contributed by atoms with Crippen molar-refractivity contribution >= 4 is 0 Å². The Morgan fingerprint density at radius 2 is 1.80 bits per heavy atom. The second kappa shape index (κ2) is 6.57. The molecular weight excluding hydrogens is 178 g/mol. The molecule has 0 aliphatic rings. The average Bonchev–Trinajstić information content (AvgIpc) is 2.03. The monoisotopic (exact) mass is 192 g/mol. The van der Waals surface area contributed by atoms with E-state index in [1.54, 1.807) is 19.2 Å². The van der Waals surface area contributed by atoms with Crippen LogP contribution in [0.5, 0.6) is 11.5 Å². The van der Waals surface area contributed by atoms with Gasteiger partial charge in [-0.2, -0.15) is 11.6 Å². The van der Waals surface area contributed by atoms with Crippen LogP contribution < -0.4 is 47.6 Å². The summed E-state index contributed by atoms with van der Waals surface area (Å²) in [6, 6.07) is 5.99. The Hall–Kier alpha value is 0.0148. The number of benzene rings is 1. The molecule has 0 unspecified atom stereocenters. The molecule has 1 aromatic carbocycles. The van der Waals surface area contributed by atoms with Crippen LogP contribution in [-0.2, 0) is 5.41 Å². The van der Waals surface area contributed by atoms with Crippen molar-refractivity contribution in [3.8, 4) is 11.5 Å². The van der Waals surface area contributed by atoms with Crippen molar-refractivity contribution in [3.63, 3.8) is 0 Å². The quantitative estimate of drug-likeness (QED) is 0.334. The number of hydrogen-bond donors (Lipinski definition) is 0. The Bertz CT molecular complexity index is 306. The van der Waals surface area contributed by atoms with E-state index in [2.05, 4.69) is 6.07 Å². The molecule has 0 spiro atoms. The van der Waals surface area contributed by atoms with Crippen molar-refractivity contribution in [3.05, 3.63) is 23.8 Å². The first kappa shape index (κ1) is 17.4. The fourth-order valence-corrected chi connectivity index (χ4v) is 1.14. The van der Waals surface area contributed by atoms with Crippen LogP contribution in [0.15, 0.2) is 12.1 Å². The molecule has 1 rings (SSSR count). The van der Waals surface area contributed by atoms with E-state index in [1.165, 1.54) is 0 Å². The predicted molar refractivity (Wildman–Crippen MR) is 50.0 cm³/mol. The maximum absolute atomic E-state index is 11.4. The standard InChI is InChI=1S/C11H15O2.2Li/c1-11(2,3)9-7-8(13-4)5-6-10(9)12;;/h5,7,12H,1-4H3;;/q-1;2*+1/p-1. The third-order valence-corrected chi connectivity index (χ3v) is 1.92. The molecule has 0 heterocycles. The van der Waals surface area contributed by atoms with Crippen molar-refractivity contribution < 1.29 is 47.6 Å². The molecule has 0 aromatic heterocycles. The van der Waals surface area contributed by atoms with E-state index < -0.39 is 0 Å². The molecule has 0 saturated heterocycles. The van der Waals surface area contributed by atoms with Crippen LogP contribution in [0.3, 0.4) is 0 Å². The summed E-state index contributed by atoms with van der Waals surface area (Å²) < 4.78 is 5.03. The van der Waals surface area contributed by atoms with E-state index in [9.17, 15) is 5.11 Å². The van der Waals surface area contributed by atoms with E-state index >= 15 is 0 Å². The largest absolute Gasteiger partial charge is 1.00 e. The third kappa shape index (κ3) is 4.58. The number of methoxy groups -OCH3 is 1. The van der Waals surface area contributed by atoms with Gasteiger partial charge in [0.2, 0.25) is 0 Å². The summed E-state index contributed by atoms with van der Waals surface area (Å²) in [4.78, 5) is 0. The summed E-state index contributed by atoms with van der Waals surface area (Å²) in [5, 5.41) is 11.4. The third-order valence-electron chi connectivity index (χ3n) is 1.92.